The smallest absolute Gasteiger partial charge is 0.245 e. The van der Waals surface area contributed by atoms with E-state index in [9.17, 15) is 9.59 Å². The Morgan fingerprint density at radius 3 is 2.14 bits per heavy atom. The van der Waals surface area contributed by atoms with E-state index in [4.69, 9.17) is 0 Å². The Kier molecular flexibility index (Phi) is 7.20. The molecule has 0 saturated heterocycles. The van der Waals surface area contributed by atoms with Crippen molar-refractivity contribution in [2.75, 3.05) is 7.05 Å². The highest BCUT2D eigenvalue weighted by atomic mass is 16.2. The van der Waals surface area contributed by atoms with Crippen LogP contribution in [-0.4, -0.2) is 35.8 Å². The van der Waals surface area contributed by atoms with Gasteiger partial charge in [0.25, 0.3) is 0 Å². The van der Waals surface area contributed by atoms with Crippen molar-refractivity contribution in [2.24, 2.45) is 11.8 Å². The molecule has 0 aliphatic heterocycles. The van der Waals surface area contributed by atoms with Crippen molar-refractivity contribution in [3.63, 3.8) is 0 Å². The quantitative estimate of drug-likeness (QED) is 0.819. The number of nitrogens with zero attached hydrogens (tertiary/aromatic N) is 1. The van der Waals surface area contributed by atoms with Crippen molar-refractivity contribution in [1.82, 2.24) is 10.2 Å². The summed E-state index contributed by atoms with van der Waals surface area (Å²) in [6.07, 6.45) is 6.34. The van der Waals surface area contributed by atoms with E-state index in [1.807, 2.05) is 39.6 Å². The molecule has 1 N–H and O–H groups in total. The lowest BCUT2D eigenvalue weighted by atomic mass is 9.93. The molecule has 1 aliphatic rings. The minimum absolute atomic E-state index is 0.0194. The molecule has 1 atom stereocenters. The average Bonchev–Trinajstić information content (AvgIpc) is 2.43. The molecule has 21 heavy (non-hydrogen) atoms. The van der Waals surface area contributed by atoms with Crippen molar-refractivity contribution < 1.29 is 9.59 Å². The van der Waals surface area contributed by atoms with E-state index in [-0.39, 0.29) is 17.7 Å². The molecule has 4 heteroatoms. The second-order valence-corrected chi connectivity index (χ2v) is 7.13. The summed E-state index contributed by atoms with van der Waals surface area (Å²) >= 11 is 0. The van der Waals surface area contributed by atoms with Gasteiger partial charge in [0.15, 0.2) is 0 Å². The fraction of sp³-hybridized carbons (Fsp3) is 0.882. The summed E-state index contributed by atoms with van der Waals surface area (Å²) in [7, 11) is 1.89. The van der Waals surface area contributed by atoms with Gasteiger partial charge in [0.2, 0.25) is 11.8 Å². The lowest BCUT2D eigenvalue weighted by molar-refractivity contribution is -0.139. The Hall–Kier alpha value is -1.06. The van der Waals surface area contributed by atoms with Crippen LogP contribution < -0.4 is 5.32 Å². The van der Waals surface area contributed by atoms with Crippen LogP contribution in [-0.2, 0) is 9.59 Å². The number of carbonyl (C=O) groups is 2. The third-order valence-electron chi connectivity index (χ3n) is 4.31. The molecule has 0 aromatic heterocycles. The van der Waals surface area contributed by atoms with Crippen LogP contribution in [0.15, 0.2) is 0 Å². The Bertz CT molecular complexity index is 347. The van der Waals surface area contributed by atoms with Crippen LogP contribution in [0.2, 0.25) is 0 Å². The van der Waals surface area contributed by atoms with Gasteiger partial charge in [-0.3, -0.25) is 9.59 Å². The molecule has 122 valence electrons. The van der Waals surface area contributed by atoms with Gasteiger partial charge in [-0.25, -0.2) is 0 Å². The normalized spacial score (nSPS) is 17.9. The van der Waals surface area contributed by atoms with E-state index in [2.05, 4.69) is 5.32 Å². The number of nitrogens with one attached hydrogen (secondary N) is 1. The topological polar surface area (TPSA) is 49.4 Å². The molecule has 0 heterocycles. The molecule has 0 aromatic rings. The van der Waals surface area contributed by atoms with Gasteiger partial charge in [0.05, 0.1) is 0 Å². The second kappa shape index (κ2) is 8.40. The van der Waals surface area contributed by atoms with Crippen LogP contribution in [0.25, 0.3) is 0 Å². The summed E-state index contributed by atoms with van der Waals surface area (Å²) in [6, 6.07) is -0.0577. The standard InChI is InChI=1S/C17H32N2O2/c1-12(2)11-15(20)18-16(13(3)4)17(21)19(5)14-9-7-6-8-10-14/h12-14,16H,6-11H2,1-5H3,(H,18,20). The molecule has 1 saturated carbocycles. The molecule has 1 fully saturated rings. The predicted octanol–water partition coefficient (Wildman–Crippen LogP) is 2.96. The zero-order valence-electron chi connectivity index (χ0n) is 14.3. The number of amides is 2. The van der Waals surface area contributed by atoms with Gasteiger partial charge < -0.3 is 10.2 Å². The van der Waals surface area contributed by atoms with Gasteiger partial charge in [-0.15, -0.1) is 0 Å². The Morgan fingerprint density at radius 2 is 1.67 bits per heavy atom. The number of carbonyl (C=O) groups excluding carboxylic acids is 2. The lowest BCUT2D eigenvalue weighted by Gasteiger charge is -2.35. The molecule has 0 bridgehead atoms. The zero-order chi connectivity index (χ0) is 16.0. The van der Waals surface area contributed by atoms with Gasteiger partial charge >= 0.3 is 0 Å². The van der Waals surface area contributed by atoms with Gasteiger partial charge in [-0.05, 0) is 24.7 Å². The van der Waals surface area contributed by atoms with E-state index >= 15 is 0 Å². The van der Waals surface area contributed by atoms with E-state index in [1.165, 1.54) is 19.3 Å². The van der Waals surface area contributed by atoms with Gasteiger partial charge in [-0.2, -0.15) is 0 Å². The molecule has 1 rings (SSSR count). The van der Waals surface area contributed by atoms with E-state index < -0.39 is 6.04 Å². The van der Waals surface area contributed by atoms with Crippen molar-refractivity contribution in [3.8, 4) is 0 Å². The number of rotatable bonds is 6. The Balaban J connectivity index is 2.65. The Labute approximate surface area is 129 Å². The summed E-state index contributed by atoms with van der Waals surface area (Å²) < 4.78 is 0. The summed E-state index contributed by atoms with van der Waals surface area (Å²) in [5.41, 5.74) is 0. The van der Waals surface area contributed by atoms with Crippen LogP contribution in [0.3, 0.4) is 0 Å². The summed E-state index contributed by atoms with van der Waals surface area (Å²) in [4.78, 5) is 26.6. The maximum absolute atomic E-state index is 12.7. The van der Waals surface area contributed by atoms with Crippen molar-refractivity contribution >= 4 is 11.8 Å². The highest BCUT2D eigenvalue weighted by molar-refractivity contribution is 5.88. The molecular weight excluding hydrogens is 264 g/mol. The third kappa shape index (κ3) is 5.68. The highest BCUT2D eigenvalue weighted by Gasteiger charge is 2.30. The van der Waals surface area contributed by atoms with Gasteiger partial charge in [-0.1, -0.05) is 47.0 Å². The Morgan fingerprint density at radius 1 is 1.10 bits per heavy atom. The van der Waals surface area contributed by atoms with Crippen molar-refractivity contribution in [1.29, 1.82) is 0 Å². The van der Waals surface area contributed by atoms with Crippen molar-refractivity contribution in [3.05, 3.63) is 0 Å². The maximum atomic E-state index is 12.7. The maximum Gasteiger partial charge on any atom is 0.245 e. The lowest BCUT2D eigenvalue weighted by Crippen LogP contribution is -2.53. The monoisotopic (exact) mass is 296 g/mol. The largest absolute Gasteiger partial charge is 0.344 e. The number of likely N-dealkylation sites (N-methyl/N-ethyl adjacent to an activating group) is 1. The van der Waals surface area contributed by atoms with E-state index in [0.717, 1.165) is 12.8 Å². The zero-order valence-corrected chi connectivity index (χ0v) is 14.3. The SMILES string of the molecule is CC(C)CC(=O)NC(C(=O)N(C)C1CCCCC1)C(C)C. The molecule has 1 unspecified atom stereocenters. The fourth-order valence-electron chi connectivity index (χ4n) is 2.98. The van der Waals surface area contributed by atoms with Crippen LogP contribution in [0.1, 0.15) is 66.2 Å². The third-order valence-corrected chi connectivity index (χ3v) is 4.31. The van der Waals surface area contributed by atoms with Crippen molar-refractivity contribution in [2.45, 2.75) is 78.3 Å². The van der Waals surface area contributed by atoms with E-state index in [1.54, 1.807) is 0 Å². The molecule has 4 nitrogen and oxygen atoms in total. The van der Waals surface area contributed by atoms with Crippen LogP contribution in [0.5, 0.6) is 0 Å². The molecule has 0 spiro atoms. The predicted molar refractivity (Wildman–Crippen MR) is 85.9 cm³/mol. The van der Waals surface area contributed by atoms with Crippen LogP contribution in [0.4, 0.5) is 0 Å². The minimum atomic E-state index is -0.400. The summed E-state index contributed by atoms with van der Waals surface area (Å²) in [6.45, 7) is 8.01. The molecule has 1 aliphatic carbocycles. The molecular formula is C17H32N2O2. The average molecular weight is 296 g/mol. The molecule has 0 radical (unpaired) electrons. The van der Waals surface area contributed by atoms with Crippen LogP contribution >= 0.6 is 0 Å². The number of hydrogen-bond donors (Lipinski definition) is 1. The van der Waals surface area contributed by atoms with Gasteiger partial charge in [0, 0.05) is 19.5 Å². The number of hydrogen-bond acceptors (Lipinski definition) is 2. The second-order valence-electron chi connectivity index (χ2n) is 7.13. The first-order valence-corrected chi connectivity index (χ1v) is 8.39. The highest BCUT2D eigenvalue weighted by Crippen LogP contribution is 2.22. The molecule has 2 amide bonds. The summed E-state index contributed by atoms with van der Waals surface area (Å²) in [5, 5.41) is 2.94. The van der Waals surface area contributed by atoms with E-state index in [0.29, 0.717) is 18.4 Å². The fourth-order valence-corrected chi connectivity index (χ4v) is 2.98. The first-order chi connectivity index (χ1) is 9.82. The first-order valence-electron chi connectivity index (χ1n) is 8.39. The first kappa shape index (κ1) is 18.0. The molecule has 0 aromatic carbocycles. The minimum Gasteiger partial charge on any atom is -0.344 e. The van der Waals surface area contributed by atoms with Gasteiger partial charge in [0.1, 0.15) is 6.04 Å². The van der Waals surface area contributed by atoms with Crippen LogP contribution in [0, 0.1) is 11.8 Å². The summed E-state index contributed by atoms with van der Waals surface area (Å²) in [5.74, 6) is 0.465.